The van der Waals surface area contributed by atoms with Gasteiger partial charge in [0.1, 0.15) is 12.3 Å². The van der Waals surface area contributed by atoms with Crippen molar-refractivity contribution in [3.63, 3.8) is 0 Å². The van der Waals surface area contributed by atoms with Gasteiger partial charge in [0, 0.05) is 22.4 Å². The van der Waals surface area contributed by atoms with Gasteiger partial charge in [0.15, 0.2) is 0 Å². The van der Waals surface area contributed by atoms with Crippen LogP contribution >= 0.6 is 23.5 Å². The van der Waals surface area contributed by atoms with E-state index in [0.29, 0.717) is 29.8 Å². The lowest BCUT2D eigenvalue weighted by Crippen LogP contribution is -2.41. The first-order chi connectivity index (χ1) is 16.5. The largest absolute Gasteiger partial charge is 0.492 e. The van der Waals surface area contributed by atoms with E-state index in [1.165, 1.54) is 43.9 Å². The Bertz CT molecular complexity index is 1020. The highest BCUT2D eigenvalue weighted by atomic mass is 32.2. The molecule has 3 rings (SSSR count). The fourth-order valence-corrected chi connectivity index (χ4v) is 7.01. The zero-order valence-electron chi connectivity index (χ0n) is 19.9. The van der Waals surface area contributed by atoms with Crippen LogP contribution in [0.5, 0.6) is 5.75 Å². The summed E-state index contributed by atoms with van der Waals surface area (Å²) < 4.78 is 34.1. The van der Waals surface area contributed by atoms with Crippen LogP contribution in [0.4, 0.5) is 5.69 Å². The average Bonchev–Trinajstić information content (AvgIpc) is 2.86. The van der Waals surface area contributed by atoms with Crippen LogP contribution in [-0.2, 0) is 14.8 Å². The van der Waals surface area contributed by atoms with Gasteiger partial charge in [-0.1, -0.05) is 31.4 Å². The molecule has 0 atom stereocenters. The van der Waals surface area contributed by atoms with Crippen LogP contribution in [-0.4, -0.2) is 51.3 Å². The number of anilines is 1. The van der Waals surface area contributed by atoms with E-state index in [1.54, 1.807) is 48.5 Å². The molecule has 0 aliphatic heterocycles. The number of rotatable bonds is 12. The molecule has 34 heavy (non-hydrogen) atoms. The predicted octanol–water partition coefficient (Wildman–Crippen LogP) is 5.18. The highest BCUT2D eigenvalue weighted by Crippen LogP contribution is 2.33. The summed E-state index contributed by atoms with van der Waals surface area (Å²) in [6.45, 7) is 2.43. The van der Waals surface area contributed by atoms with Crippen LogP contribution in [0.25, 0.3) is 0 Å². The molecular formula is C25H34N2O4S3. The van der Waals surface area contributed by atoms with Crippen molar-refractivity contribution >= 4 is 45.1 Å². The summed E-state index contributed by atoms with van der Waals surface area (Å²) >= 11 is 3.44. The van der Waals surface area contributed by atoms with E-state index in [2.05, 4.69) is 5.32 Å². The minimum Gasteiger partial charge on any atom is -0.492 e. The van der Waals surface area contributed by atoms with E-state index in [9.17, 15) is 13.2 Å². The van der Waals surface area contributed by atoms with Crippen molar-refractivity contribution in [3.8, 4) is 5.75 Å². The van der Waals surface area contributed by atoms with Crippen molar-refractivity contribution in [1.82, 2.24) is 5.32 Å². The first-order valence-corrected chi connectivity index (χ1v) is 15.4. The number of amides is 1. The highest BCUT2D eigenvalue weighted by Gasteiger charge is 2.29. The monoisotopic (exact) mass is 522 g/mol. The lowest BCUT2D eigenvalue weighted by Gasteiger charge is -2.26. The number of para-hydroxylation sites is 2. The summed E-state index contributed by atoms with van der Waals surface area (Å²) in [5.74, 6) is 0.921. The Hall–Kier alpha value is -1.84. The third kappa shape index (κ3) is 7.33. The molecule has 2 aromatic rings. The average molecular weight is 523 g/mol. The summed E-state index contributed by atoms with van der Waals surface area (Å²) in [6.07, 6.45) is 8.32. The number of ether oxygens (including phenoxy) is 1. The number of benzene rings is 2. The molecule has 0 saturated heterocycles. The fraction of sp³-hybridized carbons (Fsp3) is 0.480. The van der Waals surface area contributed by atoms with Gasteiger partial charge in [-0.3, -0.25) is 9.10 Å². The standard InChI is InChI=1S/C25H34N2O4S3/c1-3-31-24-12-8-7-11-23(24)27(34(29,30)22-15-13-20(32-2)14-16-22)19-25(28)26-17-18-33-21-9-5-4-6-10-21/h7-8,11-16,21H,3-6,9-10,17-19H2,1-2H3,(H,26,28). The molecular weight excluding hydrogens is 488 g/mol. The Labute approximate surface area is 212 Å². The molecule has 0 heterocycles. The SMILES string of the molecule is CCOc1ccccc1N(CC(=O)NCCSC1CCCCC1)S(=O)(=O)c1ccc(SC)cc1. The van der Waals surface area contributed by atoms with Crippen molar-refractivity contribution in [2.45, 2.75) is 54.1 Å². The van der Waals surface area contributed by atoms with Crippen LogP contribution in [0.1, 0.15) is 39.0 Å². The lowest BCUT2D eigenvalue weighted by atomic mass is 10.0. The van der Waals surface area contributed by atoms with Crippen LogP contribution in [0.2, 0.25) is 0 Å². The highest BCUT2D eigenvalue weighted by molar-refractivity contribution is 7.99. The number of thioether (sulfide) groups is 2. The first-order valence-electron chi connectivity index (χ1n) is 11.7. The second-order valence-electron chi connectivity index (χ2n) is 8.07. The summed E-state index contributed by atoms with van der Waals surface area (Å²) in [7, 11) is -3.98. The molecule has 186 valence electrons. The molecule has 0 aromatic heterocycles. The van der Waals surface area contributed by atoms with Crippen molar-refractivity contribution in [2.24, 2.45) is 0 Å². The van der Waals surface area contributed by atoms with Crippen LogP contribution in [0.15, 0.2) is 58.3 Å². The van der Waals surface area contributed by atoms with Crippen LogP contribution in [0, 0.1) is 0 Å². The van der Waals surface area contributed by atoms with Crippen LogP contribution in [0.3, 0.4) is 0 Å². The Morgan fingerprint density at radius 2 is 1.79 bits per heavy atom. The molecule has 1 aliphatic rings. The molecule has 0 unspecified atom stereocenters. The Morgan fingerprint density at radius 3 is 2.47 bits per heavy atom. The minimum atomic E-state index is -3.98. The summed E-state index contributed by atoms with van der Waals surface area (Å²) in [5.41, 5.74) is 0.352. The van der Waals surface area contributed by atoms with Crippen LogP contribution < -0.4 is 14.4 Å². The molecule has 1 aliphatic carbocycles. The van der Waals surface area contributed by atoms with Gasteiger partial charge < -0.3 is 10.1 Å². The number of sulfonamides is 1. The number of hydrogen-bond acceptors (Lipinski definition) is 6. The maximum atomic E-state index is 13.6. The molecule has 6 nitrogen and oxygen atoms in total. The number of carbonyl (C=O) groups is 1. The number of nitrogens with zero attached hydrogens (tertiary/aromatic N) is 1. The zero-order chi connectivity index (χ0) is 24.4. The smallest absolute Gasteiger partial charge is 0.264 e. The van der Waals surface area contributed by atoms with E-state index in [4.69, 9.17) is 4.74 Å². The van der Waals surface area contributed by atoms with Gasteiger partial charge in [-0.25, -0.2) is 8.42 Å². The summed E-state index contributed by atoms with van der Waals surface area (Å²) in [5, 5.41) is 3.58. The topological polar surface area (TPSA) is 75.7 Å². The van der Waals surface area contributed by atoms with E-state index in [-0.39, 0.29) is 17.3 Å². The van der Waals surface area contributed by atoms with Crippen molar-refractivity contribution < 1.29 is 17.9 Å². The molecule has 1 N–H and O–H groups in total. The molecule has 0 spiro atoms. The van der Waals surface area contributed by atoms with Gasteiger partial charge >= 0.3 is 0 Å². The van der Waals surface area contributed by atoms with Gasteiger partial charge in [-0.05, 0) is 62.4 Å². The molecule has 1 fully saturated rings. The van der Waals surface area contributed by atoms with Crippen molar-refractivity contribution in [2.75, 3.05) is 36.0 Å². The summed E-state index contributed by atoms with van der Waals surface area (Å²) in [4.78, 5) is 14.0. The molecule has 1 saturated carbocycles. The van der Waals surface area contributed by atoms with Gasteiger partial charge in [0.25, 0.3) is 10.0 Å². The third-order valence-corrected chi connectivity index (χ3v) is 9.60. The molecule has 2 aromatic carbocycles. The van der Waals surface area contributed by atoms with Crippen molar-refractivity contribution in [3.05, 3.63) is 48.5 Å². The second-order valence-corrected chi connectivity index (χ2v) is 12.2. The number of nitrogens with one attached hydrogen (secondary N) is 1. The van der Waals surface area contributed by atoms with Gasteiger partial charge in [0.05, 0.1) is 17.2 Å². The maximum Gasteiger partial charge on any atom is 0.264 e. The maximum absolute atomic E-state index is 13.6. The number of hydrogen-bond donors (Lipinski definition) is 1. The molecule has 0 bridgehead atoms. The lowest BCUT2D eigenvalue weighted by molar-refractivity contribution is -0.119. The van der Waals surface area contributed by atoms with Gasteiger partial charge in [-0.15, -0.1) is 11.8 Å². The fourth-order valence-electron chi connectivity index (χ4n) is 3.95. The van der Waals surface area contributed by atoms with Crippen molar-refractivity contribution in [1.29, 1.82) is 0 Å². The van der Waals surface area contributed by atoms with E-state index in [0.717, 1.165) is 15.0 Å². The Morgan fingerprint density at radius 1 is 1.09 bits per heavy atom. The van der Waals surface area contributed by atoms with Gasteiger partial charge in [-0.2, -0.15) is 11.8 Å². The first kappa shape index (κ1) is 26.8. The molecule has 0 radical (unpaired) electrons. The summed E-state index contributed by atoms with van der Waals surface area (Å²) in [6, 6.07) is 13.6. The molecule has 1 amide bonds. The van der Waals surface area contributed by atoms with E-state index < -0.39 is 10.0 Å². The molecule has 9 heteroatoms. The second kappa shape index (κ2) is 13.3. The Balaban J connectivity index is 1.75. The normalized spacial score (nSPS) is 14.5. The van der Waals surface area contributed by atoms with E-state index >= 15 is 0 Å². The third-order valence-electron chi connectivity index (χ3n) is 5.70. The minimum absolute atomic E-state index is 0.136. The zero-order valence-corrected chi connectivity index (χ0v) is 22.3. The van der Waals surface area contributed by atoms with Gasteiger partial charge in [0.2, 0.25) is 5.91 Å². The number of carbonyl (C=O) groups excluding carboxylic acids is 1. The Kier molecular flexibility index (Phi) is 10.5. The van der Waals surface area contributed by atoms with E-state index in [1.807, 2.05) is 24.9 Å². The quantitative estimate of drug-likeness (QED) is 0.306. The predicted molar refractivity (Wildman–Crippen MR) is 143 cm³/mol.